The smallest absolute Gasteiger partial charge is 0.261 e. The maximum atomic E-state index is 11.5. The van der Waals surface area contributed by atoms with Gasteiger partial charge in [0.15, 0.2) is 0 Å². The highest BCUT2D eigenvalue weighted by Crippen LogP contribution is 2.16. The van der Waals surface area contributed by atoms with E-state index in [4.69, 9.17) is 0 Å². The molecule has 1 rings (SSSR count). The summed E-state index contributed by atoms with van der Waals surface area (Å²) < 4.78 is 0. The quantitative estimate of drug-likeness (QED) is 0.733. The van der Waals surface area contributed by atoms with E-state index in [2.05, 4.69) is 11.9 Å². The molecule has 0 aliphatic rings. The molecular formula is C10H13NOS. The van der Waals surface area contributed by atoms with Gasteiger partial charge in [-0.2, -0.15) is 0 Å². The van der Waals surface area contributed by atoms with Crippen molar-refractivity contribution in [2.75, 3.05) is 6.54 Å². The Bertz CT molecular complexity index is 304. The fourth-order valence-electron chi connectivity index (χ4n) is 1.06. The Morgan fingerprint density at radius 1 is 1.77 bits per heavy atom. The second-order valence-corrected chi connectivity index (χ2v) is 3.54. The molecule has 1 amide bonds. The molecule has 0 aromatic carbocycles. The van der Waals surface area contributed by atoms with E-state index in [1.807, 2.05) is 18.4 Å². The molecule has 70 valence electrons. The van der Waals surface area contributed by atoms with E-state index >= 15 is 0 Å². The first-order chi connectivity index (χ1) is 6.29. The molecule has 0 radical (unpaired) electrons. The van der Waals surface area contributed by atoms with Crippen molar-refractivity contribution in [3.05, 3.63) is 34.5 Å². The summed E-state index contributed by atoms with van der Waals surface area (Å²) in [5, 5.41) is 4.71. The lowest BCUT2D eigenvalue weighted by Crippen LogP contribution is -2.23. The number of aryl methyl sites for hydroxylation is 1. The van der Waals surface area contributed by atoms with Gasteiger partial charge in [0.1, 0.15) is 0 Å². The predicted molar refractivity (Wildman–Crippen MR) is 56.2 cm³/mol. The number of nitrogens with one attached hydrogen (secondary N) is 1. The van der Waals surface area contributed by atoms with Crippen molar-refractivity contribution in [3.8, 4) is 0 Å². The zero-order chi connectivity index (χ0) is 9.68. The molecule has 13 heavy (non-hydrogen) atoms. The van der Waals surface area contributed by atoms with Crippen LogP contribution in [-0.4, -0.2) is 12.5 Å². The van der Waals surface area contributed by atoms with Gasteiger partial charge in [0, 0.05) is 6.54 Å². The number of carbonyl (C=O) groups excluding carboxylic acids is 1. The summed E-state index contributed by atoms with van der Waals surface area (Å²) in [5.74, 6) is 0.00625. The lowest BCUT2D eigenvalue weighted by molar-refractivity contribution is 0.0961. The highest BCUT2D eigenvalue weighted by molar-refractivity contribution is 7.12. The van der Waals surface area contributed by atoms with Crippen LogP contribution in [0.3, 0.4) is 0 Å². The Morgan fingerprint density at radius 2 is 2.54 bits per heavy atom. The summed E-state index contributed by atoms with van der Waals surface area (Å²) in [7, 11) is 0. The lowest BCUT2D eigenvalue weighted by Gasteiger charge is -2.01. The molecule has 2 nitrogen and oxygen atoms in total. The topological polar surface area (TPSA) is 29.1 Å². The van der Waals surface area contributed by atoms with E-state index in [9.17, 15) is 4.79 Å². The highest BCUT2D eigenvalue weighted by Gasteiger charge is 2.09. The highest BCUT2D eigenvalue weighted by atomic mass is 32.1. The van der Waals surface area contributed by atoms with Crippen LogP contribution in [0, 0.1) is 0 Å². The van der Waals surface area contributed by atoms with Crippen molar-refractivity contribution >= 4 is 17.2 Å². The van der Waals surface area contributed by atoms with Crippen LogP contribution >= 0.6 is 11.3 Å². The van der Waals surface area contributed by atoms with Gasteiger partial charge in [-0.15, -0.1) is 17.9 Å². The van der Waals surface area contributed by atoms with Crippen LogP contribution in [0.25, 0.3) is 0 Å². The van der Waals surface area contributed by atoms with E-state index in [0.29, 0.717) is 6.54 Å². The van der Waals surface area contributed by atoms with Crippen molar-refractivity contribution in [1.82, 2.24) is 5.32 Å². The van der Waals surface area contributed by atoms with Crippen molar-refractivity contribution in [3.63, 3.8) is 0 Å². The van der Waals surface area contributed by atoms with E-state index in [-0.39, 0.29) is 5.91 Å². The third-order valence-corrected chi connectivity index (χ3v) is 2.70. The average Bonchev–Trinajstić information content (AvgIpc) is 2.61. The minimum Gasteiger partial charge on any atom is -0.348 e. The van der Waals surface area contributed by atoms with Gasteiger partial charge in [0.2, 0.25) is 0 Å². The number of thiophene rings is 1. The number of rotatable bonds is 4. The molecule has 0 aliphatic heterocycles. The van der Waals surface area contributed by atoms with Crippen LogP contribution in [0.5, 0.6) is 0 Å². The Balaban J connectivity index is 2.70. The number of hydrogen-bond donors (Lipinski definition) is 1. The van der Waals surface area contributed by atoms with Crippen LogP contribution in [0.4, 0.5) is 0 Å². The van der Waals surface area contributed by atoms with Gasteiger partial charge in [-0.3, -0.25) is 4.79 Å². The Hall–Kier alpha value is -1.09. The van der Waals surface area contributed by atoms with Crippen molar-refractivity contribution < 1.29 is 4.79 Å². The molecule has 1 aromatic rings. The standard InChI is InChI=1S/C10H13NOS/c1-3-6-11-10(12)9-8(4-2)5-7-13-9/h3,5,7H,1,4,6H2,2H3,(H,11,12). The van der Waals surface area contributed by atoms with E-state index in [1.54, 1.807) is 6.08 Å². The molecule has 0 bridgehead atoms. The SMILES string of the molecule is C=CCNC(=O)c1sccc1CC. The minimum atomic E-state index is 0.00625. The molecule has 0 unspecified atom stereocenters. The van der Waals surface area contributed by atoms with Crippen molar-refractivity contribution in [1.29, 1.82) is 0 Å². The minimum absolute atomic E-state index is 0.00625. The summed E-state index contributed by atoms with van der Waals surface area (Å²) in [6.45, 7) is 6.12. The molecule has 1 heterocycles. The van der Waals surface area contributed by atoms with E-state index in [0.717, 1.165) is 16.9 Å². The zero-order valence-electron chi connectivity index (χ0n) is 7.67. The lowest BCUT2D eigenvalue weighted by atomic mass is 10.2. The maximum absolute atomic E-state index is 11.5. The molecule has 0 fully saturated rings. The van der Waals surface area contributed by atoms with E-state index < -0.39 is 0 Å². The fraction of sp³-hybridized carbons (Fsp3) is 0.300. The Morgan fingerprint density at radius 3 is 3.15 bits per heavy atom. The number of hydrogen-bond acceptors (Lipinski definition) is 2. The van der Waals surface area contributed by atoms with Gasteiger partial charge in [0.25, 0.3) is 5.91 Å². The molecule has 0 saturated heterocycles. The van der Waals surface area contributed by atoms with Crippen LogP contribution in [0.1, 0.15) is 22.2 Å². The first-order valence-corrected chi connectivity index (χ1v) is 5.13. The summed E-state index contributed by atoms with van der Waals surface area (Å²) >= 11 is 1.49. The first-order valence-electron chi connectivity index (χ1n) is 4.25. The largest absolute Gasteiger partial charge is 0.348 e. The third kappa shape index (κ3) is 2.42. The number of amides is 1. The van der Waals surface area contributed by atoms with Gasteiger partial charge in [-0.25, -0.2) is 0 Å². The molecule has 1 aromatic heterocycles. The molecule has 0 atom stereocenters. The number of carbonyl (C=O) groups is 1. The van der Waals surface area contributed by atoms with Gasteiger partial charge >= 0.3 is 0 Å². The molecular weight excluding hydrogens is 182 g/mol. The average molecular weight is 195 g/mol. The molecule has 3 heteroatoms. The summed E-state index contributed by atoms with van der Waals surface area (Å²) in [6.07, 6.45) is 2.58. The van der Waals surface area contributed by atoms with Crippen LogP contribution < -0.4 is 5.32 Å². The monoisotopic (exact) mass is 195 g/mol. The van der Waals surface area contributed by atoms with Crippen molar-refractivity contribution in [2.24, 2.45) is 0 Å². The molecule has 1 N–H and O–H groups in total. The second-order valence-electron chi connectivity index (χ2n) is 2.63. The van der Waals surface area contributed by atoms with E-state index in [1.165, 1.54) is 11.3 Å². The molecule has 0 spiro atoms. The van der Waals surface area contributed by atoms with Crippen LogP contribution in [0.2, 0.25) is 0 Å². The van der Waals surface area contributed by atoms with Crippen LogP contribution in [0.15, 0.2) is 24.1 Å². The van der Waals surface area contributed by atoms with Gasteiger partial charge in [-0.1, -0.05) is 13.0 Å². The molecule has 0 aliphatic carbocycles. The third-order valence-electron chi connectivity index (χ3n) is 1.74. The summed E-state index contributed by atoms with van der Waals surface area (Å²) in [4.78, 5) is 12.3. The van der Waals surface area contributed by atoms with Gasteiger partial charge in [-0.05, 0) is 23.4 Å². The van der Waals surface area contributed by atoms with Crippen LogP contribution in [-0.2, 0) is 6.42 Å². The first kappa shape index (κ1) is 9.99. The van der Waals surface area contributed by atoms with Crippen molar-refractivity contribution in [2.45, 2.75) is 13.3 Å². The fourth-order valence-corrected chi connectivity index (χ4v) is 1.97. The summed E-state index contributed by atoms with van der Waals surface area (Å²) in [6, 6.07) is 1.99. The molecule has 0 saturated carbocycles. The van der Waals surface area contributed by atoms with Gasteiger partial charge < -0.3 is 5.32 Å². The zero-order valence-corrected chi connectivity index (χ0v) is 8.49. The maximum Gasteiger partial charge on any atom is 0.261 e. The Labute approximate surface area is 82.3 Å². The van der Waals surface area contributed by atoms with Gasteiger partial charge in [0.05, 0.1) is 4.88 Å². The summed E-state index contributed by atoms with van der Waals surface area (Å²) in [5.41, 5.74) is 1.12. The second kappa shape index (κ2) is 4.82. The predicted octanol–water partition coefficient (Wildman–Crippen LogP) is 2.23. The Kier molecular flexibility index (Phi) is 3.71. The normalized spacial score (nSPS) is 9.62.